The van der Waals surface area contributed by atoms with Crippen LogP contribution in [0.1, 0.15) is 47.9 Å². The van der Waals surface area contributed by atoms with Crippen LogP contribution in [0.3, 0.4) is 0 Å². The van der Waals surface area contributed by atoms with Gasteiger partial charge in [0.15, 0.2) is 5.69 Å². The van der Waals surface area contributed by atoms with Gasteiger partial charge < -0.3 is 10.0 Å². The number of aromatic nitrogens is 4. The van der Waals surface area contributed by atoms with Crippen LogP contribution in [0.15, 0.2) is 36.5 Å². The predicted molar refractivity (Wildman–Crippen MR) is 101 cm³/mol. The van der Waals surface area contributed by atoms with Crippen molar-refractivity contribution in [2.75, 3.05) is 0 Å². The van der Waals surface area contributed by atoms with Crippen molar-refractivity contribution in [2.24, 2.45) is 0 Å². The number of H-pyrrole nitrogens is 1. The third-order valence-electron chi connectivity index (χ3n) is 4.83. The first kappa shape index (κ1) is 18.2. The van der Waals surface area contributed by atoms with E-state index in [9.17, 15) is 9.90 Å². The third kappa shape index (κ3) is 3.05. The summed E-state index contributed by atoms with van der Waals surface area (Å²) in [4.78, 5) is 14.4. The molecule has 1 aliphatic heterocycles. The molecule has 2 aromatic heterocycles. The Morgan fingerprint density at radius 2 is 2.18 bits per heavy atom. The van der Waals surface area contributed by atoms with Crippen LogP contribution in [0.5, 0.6) is 0 Å². The van der Waals surface area contributed by atoms with Crippen LogP contribution < -0.4 is 0 Å². The van der Waals surface area contributed by atoms with Gasteiger partial charge in [0.2, 0.25) is 0 Å². The molecule has 1 aromatic carbocycles. The Hall–Kier alpha value is -3.15. The fraction of sp³-hybridized carbons (Fsp3) is 0.263. The SMILES string of the molecule is CC(O)c1cc(C(=O)N2[C@@H](C)[C@@H]2n2ccc(-c3ccc(C#N)c(Cl)c3)n2)n[nH]1. The van der Waals surface area contributed by atoms with E-state index in [1.165, 1.54) is 0 Å². The number of carbonyl (C=O) groups is 1. The van der Waals surface area contributed by atoms with Gasteiger partial charge in [0.25, 0.3) is 5.91 Å². The maximum Gasteiger partial charge on any atom is 0.276 e. The Kier molecular flexibility index (Phi) is 4.41. The number of aliphatic hydroxyl groups is 1. The van der Waals surface area contributed by atoms with Crippen LogP contribution in [0.2, 0.25) is 5.02 Å². The quantitative estimate of drug-likeness (QED) is 0.659. The molecule has 142 valence electrons. The fourth-order valence-corrected chi connectivity index (χ4v) is 3.41. The number of aromatic amines is 1. The summed E-state index contributed by atoms with van der Waals surface area (Å²) in [5.74, 6) is -0.223. The summed E-state index contributed by atoms with van der Waals surface area (Å²) in [5.41, 5.74) is 2.66. The van der Waals surface area contributed by atoms with Crippen molar-refractivity contribution in [1.82, 2.24) is 24.9 Å². The van der Waals surface area contributed by atoms with E-state index in [2.05, 4.69) is 15.3 Å². The van der Waals surface area contributed by atoms with E-state index in [0.717, 1.165) is 5.56 Å². The minimum Gasteiger partial charge on any atom is -0.387 e. The lowest BCUT2D eigenvalue weighted by molar-refractivity contribution is 0.0850. The molecule has 0 aliphatic carbocycles. The Bertz CT molecular complexity index is 1100. The fourth-order valence-electron chi connectivity index (χ4n) is 3.18. The maximum absolute atomic E-state index is 12.7. The van der Waals surface area contributed by atoms with E-state index in [-0.39, 0.29) is 23.8 Å². The molecular weight excluding hydrogens is 380 g/mol. The summed E-state index contributed by atoms with van der Waals surface area (Å²) in [5, 5.41) is 30.2. The van der Waals surface area contributed by atoms with Crippen LogP contribution in [0, 0.1) is 11.3 Å². The predicted octanol–water partition coefficient (Wildman–Crippen LogP) is 2.89. The van der Waals surface area contributed by atoms with E-state index in [0.29, 0.717) is 22.0 Å². The summed E-state index contributed by atoms with van der Waals surface area (Å²) < 4.78 is 1.73. The molecule has 0 spiro atoms. The zero-order valence-electron chi connectivity index (χ0n) is 15.2. The summed E-state index contributed by atoms with van der Waals surface area (Å²) in [7, 11) is 0. The topological polar surface area (TPSA) is 111 Å². The number of carbonyl (C=O) groups excluding carboxylic acids is 1. The molecule has 3 heterocycles. The van der Waals surface area contributed by atoms with Gasteiger partial charge in [-0.2, -0.15) is 15.5 Å². The second-order valence-electron chi connectivity index (χ2n) is 6.74. The lowest BCUT2D eigenvalue weighted by atomic mass is 10.1. The van der Waals surface area contributed by atoms with Crippen molar-refractivity contribution in [3.05, 3.63) is 58.5 Å². The zero-order chi connectivity index (χ0) is 20.0. The molecule has 0 radical (unpaired) electrons. The number of nitriles is 1. The lowest BCUT2D eigenvalue weighted by Crippen LogP contribution is -2.15. The first-order chi connectivity index (χ1) is 13.4. The molecule has 0 bridgehead atoms. The summed E-state index contributed by atoms with van der Waals surface area (Å²) >= 11 is 6.10. The standard InChI is InChI=1S/C19H17ClN6O2/c1-10-18(26(10)19(28)17-8-16(11(2)27)22-23-17)25-6-5-15(24-25)12-3-4-13(9-21)14(20)7-12/h3-8,10-11,18,27H,1-2H3,(H,22,23)/t10-,11?,18+,26?/m0/s1. The van der Waals surface area contributed by atoms with E-state index in [1.807, 2.05) is 25.3 Å². The normalized spacial score (nSPS) is 19.3. The lowest BCUT2D eigenvalue weighted by Gasteiger charge is -2.03. The first-order valence-corrected chi connectivity index (χ1v) is 9.09. The monoisotopic (exact) mass is 396 g/mol. The minimum absolute atomic E-state index is 0.0310. The zero-order valence-corrected chi connectivity index (χ0v) is 15.9. The Balaban J connectivity index is 1.54. The number of benzene rings is 1. The van der Waals surface area contributed by atoms with E-state index in [1.54, 1.807) is 40.8 Å². The highest BCUT2D eigenvalue weighted by atomic mass is 35.5. The van der Waals surface area contributed by atoms with Crippen molar-refractivity contribution >= 4 is 17.5 Å². The van der Waals surface area contributed by atoms with Crippen molar-refractivity contribution < 1.29 is 9.90 Å². The van der Waals surface area contributed by atoms with Gasteiger partial charge in [-0.05, 0) is 38.1 Å². The largest absolute Gasteiger partial charge is 0.387 e. The molecular formula is C19H17ClN6O2. The van der Waals surface area contributed by atoms with Gasteiger partial charge in [0.1, 0.15) is 12.2 Å². The van der Waals surface area contributed by atoms with Gasteiger partial charge >= 0.3 is 0 Å². The number of aliphatic hydroxyl groups excluding tert-OH is 1. The summed E-state index contributed by atoms with van der Waals surface area (Å²) in [6, 6.07) is 10.5. The van der Waals surface area contributed by atoms with Gasteiger partial charge in [-0.15, -0.1) is 0 Å². The maximum atomic E-state index is 12.7. The molecule has 28 heavy (non-hydrogen) atoms. The molecule has 1 fully saturated rings. The van der Waals surface area contributed by atoms with Crippen LogP contribution >= 0.6 is 11.6 Å². The van der Waals surface area contributed by atoms with Crippen LogP contribution in [-0.2, 0) is 0 Å². The van der Waals surface area contributed by atoms with Crippen molar-refractivity contribution in [3.8, 4) is 17.3 Å². The van der Waals surface area contributed by atoms with E-state index < -0.39 is 6.10 Å². The Labute approximate surface area is 166 Å². The van der Waals surface area contributed by atoms with E-state index >= 15 is 0 Å². The van der Waals surface area contributed by atoms with Gasteiger partial charge in [-0.25, -0.2) is 4.68 Å². The van der Waals surface area contributed by atoms with Gasteiger partial charge in [0, 0.05) is 11.8 Å². The van der Waals surface area contributed by atoms with Crippen LogP contribution in [0.4, 0.5) is 0 Å². The number of nitrogens with zero attached hydrogens (tertiary/aromatic N) is 5. The highest BCUT2D eigenvalue weighted by Crippen LogP contribution is 2.40. The molecule has 3 atom stereocenters. The molecule has 1 amide bonds. The molecule has 4 rings (SSSR count). The van der Waals surface area contributed by atoms with Crippen LogP contribution in [-0.4, -0.2) is 41.9 Å². The summed E-state index contributed by atoms with van der Waals surface area (Å²) in [6.07, 6.45) is 0.882. The number of amides is 1. The van der Waals surface area contributed by atoms with Crippen molar-refractivity contribution in [2.45, 2.75) is 32.2 Å². The molecule has 1 saturated heterocycles. The third-order valence-corrected chi connectivity index (χ3v) is 5.14. The van der Waals surface area contributed by atoms with Gasteiger partial charge in [-0.1, -0.05) is 17.7 Å². The highest BCUT2D eigenvalue weighted by Gasteiger charge is 2.50. The number of nitrogens with one attached hydrogen (secondary N) is 1. The molecule has 3 aromatic rings. The van der Waals surface area contributed by atoms with Gasteiger partial charge in [-0.3, -0.25) is 9.89 Å². The molecule has 1 aliphatic rings. The highest BCUT2D eigenvalue weighted by molar-refractivity contribution is 6.32. The average molecular weight is 397 g/mol. The first-order valence-electron chi connectivity index (χ1n) is 8.72. The van der Waals surface area contributed by atoms with E-state index in [4.69, 9.17) is 16.9 Å². The number of rotatable bonds is 4. The van der Waals surface area contributed by atoms with Gasteiger partial charge in [0.05, 0.1) is 34.1 Å². The smallest absolute Gasteiger partial charge is 0.276 e. The van der Waals surface area contributed by atoms with Crippen molar-refractivity contribution in [1.29, 1.82) is 5.26 Å². The number of hydrogen-bond donors (Lipinski definition) is 2. The molecule has 1 unspecified atom stereocenters. The van der Waals surface area contributed by atoms with Crippen LogP contribution in [0.25, 0.3) is 11.3 Å². The average Bonchev–Trinajstić information content (AvgIpc) is 3.10. The number of hydrogen-bond acceptors (Lipinski definition) is 5. The molecule has 2 N–H and O–H groups in total. The summed E-state index contributed by atoms with van der Waals surface area (Å²) in [6.45, 7) is 3.54. The Morgan fingerprint density at radius 1 is 1.39 bits per heavy atom. The molecule has 0 saturated carbocycles. The minimum atomic E-state index is -0.718. The second-order valence-corrected chi connectivity index (χ2v) is 7.15. The molecule has 8 nitrogen and oxygen atoms in total. The van der Waals surface area contributed by atoms with Crippen molar-refractivity contribution in [3.63, 3.8) is 0 Å². The Morgan fingerprint density at radius 3 is 2.82 bits per heavy atom. The second kappa shape index (κ2) is 6.78. The molecule has 9 heteroatoms. The number of halogens is 1.